The quantitative estimate of drug-likeness (QED) is 0.773. The molecule has 0 aliphatic carbocycles. The topological polar surface area (TPSA) is 12.5 Å². The van der Waals surface area contributed by atoms with E-state index in [0.29, 0.717) is 0 Å². The zero-order valence-electron chi connectivity index (χ0n) is 10.4. The Kier molecular flexibility index (Phi) is 4.93. The van der Waals surface area contributed by atoms with Crippen LogP contribution in [0.2, 0.25) is 0 Å². The first-order chi connectivity index (χ1) is 8.74. The van der Waals surface area contributed by atoms with Gasteiger partial charge in [0, 0.05) is 0 Å². The predicted octanol–water partition coefficient (Wildman–Crippen LogP) is 3.32. The van der Waals surface area contributed by atoms with Crippen LogP contribution < -0.4 is 4.74 Å². The van der Waals surface area contributed by atoms with Crippen LogP contribution in [0.3, 0.4) is 0 Å². The third-order valence-corrected chi connectivity index (χ3v) is 3.29. The van der Waals surface area contributed by atoms with Gasteiger partial charge in [-0.05, 0) is 63.0 Å². The normalized spacial score (nSPS) is 16.4. The maximum Gasteiger partial charge on any atom is 0.387 e. The van der Waals surface area contributed by atoms with Crippen LogP contribution in [-0.2, 0) is 6.42 Å². The Morgan fingerprint density at radius 3 is 2.39 bits per heavy atom. The number of aryl methyl sites for hydroxylation is 1. The molecule has 0 spiro atoms. The lowest BCUT2D eigenvalue weighted by Gasteiger charge is -2.14. The molecular weight excluding hydrogens is 236 g/mol. The van der Waals surface area contributed by atoms with Crippen molar-refractivity contribution in [1.29, 1.82) is 0 Å². The van der Waals surface area contributed by atoms with Crippen LogP contribution in [0.4, 0.5) is 8.78 Å². The van der Waals surface area contributed by atoms with E-state index < -0.39 is 6.61 Å². The summed E-state index contributed by atoms with van der Waals surface area (Å²) in [7, 11) is 0. The van der Waals surface area contributed by atoms with Gasteiger partial charge in [-0.25, -0.2) is 0 Å². The third-order valence-electron chi connectivity index (χ3n) is 3.29. The molecule has 0 atom stereocenters. The molecule has 1 aromatic rings. The molecule has 1 aliphatic rings. The highest BCUT2D eigenvalue weighted by Gasteiger charge is 2.10. The number of alkyl halides is 2. The fraction of sp³-hybridized carbons (Fsp3) is 0.571. The predicted molar refractivity (Wildman–Crippen MR) is 67.1 cm³/mol. The molecule has 0 unspecified atom stereocenters. The Balaban J connectivity index is 1.72. The van der Waals surface area contributed by atoms with Gasteiger partial charge in [0.15, 0.2) is 0 Å². The molecular formula is C14H19F2NO. The molecule has 0 amide bonds. The summed E-state index contributed by atoms with van der Waals surface area (Å²) < 4.78 is 28.3. The Hall–Kier alpha value is -1.16. The summed E-state index contributed by atoms with van der Waals surface area (Å²) in [6.07, 6.45) is 4.75. The van der Waals surface area contributed by atoms with Crippen molar-refractivity contribution in [3.05, 3.63) is 29.8 Å². The van der Waals surface area contributed by atoms with Crippen molar-refractivity contribution in [2.45, 2.75) is 32.3 Å². The van der Waals surface area contributed by atoms with E-state index in [9.17, 15) is 8.78 Å². The van der Waals surface area contributed by atoms with Crippen molar-refractivity contribution in [3.8, 4) is 5.75 Å². The molecule has 1 aromatic carbocycles. The average Bonchev–Trinajstić information content (AvgIpc) is 2.84. The molecule has 1 aliphatic heterocycles. The summed E-state index contributed by atoms with van der Waals surface area (Å²) in [6, 6.07) is 6.94. The minimum Gasteiger partial charge on any atom is -0.435 e. The van der Waals surface area contributed by atoms with Gasteiger partial charge in [-0.15, -0.1) is 0 Å². The summed E-state index contributed by atoms with van der Waals surface area (Å²) in [4.78, 5) is 2.48. The second kappa shape index (κ2) is 6.69. The zero-order chi connectivity index (χ0) is 12.8. The molecule has 0 bridgehead atoms. The standard InChI is InChI=1S/C14H19F2NO/c15-14(16)18-13-7-5-12(6-8-13)4-3-11-17-9-1-2-10-17/h5-8,14H,1-4,9-11H2. The van der Waals surface area contributed by atoms with Crippen LogP contribution in [0.1, 0.15) is 24.8 Å². The van der Waals surface area contributed by atoms with E-state index in [-0.39, 0.29) is 5.75 Å². The Labute approximate surface area is 107 Å². The summed E-state index contributed by atoms with van der Waals surface area (Å²) in [5, 5.41) is 0. The van der Waals surface area contributed by atoms with Crippen LogP contribution in [0.15, 0.2) is 24.3 Å². The van der Waals surface area contributed by atoms with Gasteiger partial charge in [-0.3, -0.25) is 0 Å². The van der Waals surface area contributed by atoms with E-state index in [1.165, 1.54) is 31.5 Å². The first-order valence-corrected chi connectivity index (χ1v) is 6.50. The van der Waals surface area contributed by atoms with Gasteiger partial charge in [0.25, 0.3) is 0 Å². The first kappa shape index (κ1) is 13.3. The minimum atomic E-state index is -2.74. The molecule has 0 saturated carbocycles. The largest absolute Gasteiger partial charge is 0.435 e. The minimum absolute atomic E-state index is 0.230. The Morgan fingerprint density at radius 2 is 1.78 bits per heavy atom. The molecule has 1 fully saturated rings. The molecule has 0 aromatic heterocycles. The molecule has 18 heavy (non-hydrogen) atoms. The third kappa shape index (κ3) is 4.26. The van der Waals surface area contributed by atoms with Crippen molar-refractivity contribution < 1.29 is 13.5 Å². The van der Waals surface area contributed by atoms with E-state index in [4.69, 9.17) is 0 Å². The van der Waals surface area contributed by atoms with Crippen LogP contribution in [0, 0.1) is 0 Å². The second-order valence-corrected chi connectivity index (χ2v) is 4.67. The molecule has 1 heterocycles. The van der Waals surface area contributed by atoms with Gasteiger partial charge in [0.05, 0.1) is 0 Å². The second-order valence-electron chi connectivity index (χ2n) is 4.67. The average molecular weight is 255 g/mol. The Morgan fingerprint density at radius 1 is 1.11 bits per heavy atom. The highest BCUT2D eigenvalue weighted by atomic mass is 19.3. The fourth-order valence-electron chi connectivity index (χ4n) is 2.35. The van der Waals surface area contributed by atoms with E-state index in [2.05, 4.69) is 9.64 Å². The van der Waals surface area contributed by atoms with Crippen molar-refractivity contribution >= 4 is 0 Å². The molecule has 100 valence electrons. The fourth-order valence-corrected chi connectivity index (χ4v) is 2.35. The number of hydrogen-bond acceptors (Lipinski definition) is 2. The van der Waals surface area contributed by atoms with Crippen molar-refractivity contribution in [2.24, 2.45) is 0 Å². The van der Waals surface area contributed by atoms with Crippen molar-refractivity contribution in [2.75, 3.05) is 19.6 Å². The van der Waals surface area contributed by atoms with Gasteiger partial charge in [0.2, 0.25) is 0 Å². The van der Waals surface area contributed by atoms with Gasteiger partial charge in [-0.2, -0.15) is 8.78 Å². The van der Waals surface area contributed by atoms with Crippen molar-refractivity contribution in [1.82, 2.24) is 4.90 Å². The Bertz CT molecular complexity index is 347. The van der Waals surface area contributed by atoms with Crippen LogP contribution >= 0.6 is 0 Å². The van der Waals surface area contributed by atoms with Gasteiger partial charge >= 0.3 is 6.61 Å². The van der Waals surface area contributed by atoms with Crippen LogP contribution in [0.5, 0.6) is 5.75 Å². The van der Waals surface area contributed by atoms with E-state index in [1.54, 1.807) is 12.1 Å². The first-order valence-electron chi connectivity index (χ1n) is 6.50. The summed E-state index contributed by atoms with van der Waals surface area (Å²) >= 11 is 0. The van der Waals surface area contributed by atoms with Gasteiger partial charge in [-0.1, -0.05) is 12.1 Å². The van der Waals surface area contributed by atoms with Gasteiger partial charge in [0.1, 0.15) is 5.75 Å². The van der Waals surface area contributed by atoms with Crippen LogP contribution in [-0.4, -0.2) is 31.1 Å². The summed E-state index contributed by atoms with van der Waals surface area (Å²) in [6.45, 7) is 0.837. The van der Waals surface area contributed by atoms with E-state index >= 15 is 0 Å². The van der Waals surface area contributed by atoms with Crippen LogP contribution in [0.25, 0.3) is 0 Å². The van der Waals surface area contributed by atoms with E-state index in [0.717, 1.165) is 19.4 Å². The molecule has 0 N–H and O–H groups in total. The number of hydrogen-bond donors (Lipinski definition) is 0. The van der Waals surface area contributed by atoms with E-state index in [1.807, 2.05) is 12.1 Å². The summed E-state index contributed by atoms with van der Waals surface area (Å²) in [5.74, 6) is 0.230. The molecule has 4 heteroatoms. The lowest BCUT2D eigenvalue weighted by atomic mass is 10.1. The SMILES string of the molecule is FC(F)Oc1ccc(CCCN2CCCC2)cc1. The number of rotatable bonds is 6. The zero-order valence-corrected chi connectivity index (χ0v) is 10.4. The number of ether oxygens (including phenoxy) is 1. The maximum absolute atomic E-state index is 12.0. The molecule has 1 saturated heterocycles. The number of likely N-dealkylation sites (tertiary alicyclic amines) is 1. The molecule has 2 rings (SSSR count). The smallest absolute Gasteiger partial charge is 0.387 e. The van der Waals surface area contributed by atoms with Gasteiger partial charge < -0.3 is 9.64 Å². The van der Waals surface area contributed by atoms with Crippen molar-refractivity contribution in [3.63, 3.8) is 0 Å². The highest BCUT2D eigenvalue weighted by Crippen LogP contribution is 2.16. The summed E-state index contributed by atoms with van der Waals surface area (Å²) in [5.41, 5.74) is 1.18. The highest BCUT2D eigenvalue weighted by molar-refractivity contribution is 5.27. The lowest BCUT2D eigenvalue weighted by Crippen LogP contribution is -2.20. The monoisotopic (exact) mass is 255 g/mol. The number of nitrogens with zero attached hydrogens (tertiary/aromatic N) is 1. The molecule has 2 nitrogen and oxygen atoms in total. The number of benzene rings is 1. The molecule has 0 radical (unpaired) electrons. The number of halogens is 2. The maximum atomic E-state index is 12.0. The lowest BCUT2D eigenvalue weighted by molar-refractivity contribution is -0.0498.